The first-order valence-corrected chi connectivity index (χ1v) is 9.45. The van der Waals surface area contributed by atoms with Crippen LogP contribution in [0, 0.1) is 19.7 Å². The van der Waals surface area contributed by atoms with Crippen molar-refractivity contribution in [2.75, 3.05) is 26.4 Å². The molecule has 0 bridgehead atoms. The normalized spacial score (nSPS) is 15.2. The van der Waals surface area contributed by atoms with Crippen molar-refractivity contribution < 1.29 is 13.9 Å². The molecule has 2 aromatic heterocycles. The van der Waals surface area contributed by atoms with E-state index in [4.69, 9.17) is 9.47 Å². The molecule has 0 amide bonds. The van der Waals surface area contributed by atoms with Gasteiger partial charge < -0.3 is 9.47 Å². The number of benzene rings is 1. The third-order valence-electron chi connectivity index (χ3n) is 4.97. The van der Waals surface area contributed by atoms with E-state index < -0.39 is 0 Å². The molecule has 2 aliphatic heterocycles. The molecule has 4 heterocycles. The van der Waals surface area contributed by atoms with Crippen molar-refractivity contribution in [3.8, 4) is 16.8 Å². The standard InChI is InChI=1S/C17H15FN4.C4H8O2/c1-10-5-6-19-9-14(10)13-7-12-3-4-16-21-20-11(2)22(16)17(12)15(18)8-13;1-2-6-4-3-5-1/h5-9H,3-4H2,1-2H3;1-4H2. The number of ether oxygens (including phenoxy) is 2. The van der Waals surface area contributed by atoms with E-state index in [2.05, 4.69) is 21.2 Å². The van der Waals surface area contributed by atoms with Crippen molar-refractivity contribution in [2.45, 2.75) is 26.7 Å². The number of halogens is 1. The smallest absolute Gasteiger partial charge is 0.148 e. The molecule has 6 nitrogen and oxygen atoms in total. The predicted octanol–water partition coefficient (Wildman–Crippen LogP) is 3.22. The number of fused-ring (bicyclic) bond motifs is 3. The van der Waals surface area contributed by atoms with Gasteiger partial charge in [0.25, 0.3) is 0 Å². The Kier molecular flexibility index (Phi) is 5.45. The van der Waals surface area contributed by atoms with Gasteiger partial charge in [-0.3, -0.25) is 9.55 Å². The second-order valence-corrected chi connectivity index (χ2v) is 6.88. The van der Waals surface area contributed by atoms with Crippen molar-refractivity contribution in [2.24, 2.45) is 0 Å². The predicted molar refractivity (Wildman–Crippen MR) is 103 cm³/mol. The molecule has 0 aliphatic carbocycles. The fraction of sp³-hybridized carbons (Fsp3) is 0.381. The summed E-state index contributed by atoms with van der Waals surface area (Å²) in [5.41, 5.74) is 4.51. The van der Waals surface area contributed by atoms with Gasteiger partial charge in [-0.2, -0.15) is 0 Å². The monoisotopic (exact) mass is 382 g/mol. The van der Waals surface area contributed by atoms with Gasteiger partial charge in [0.1, 0.15) is 17.5 Å². The van der Waals surface area contributed by atoms with Gasteiger partial charge in [-0.15, -0.1) is 10.2 Å². The van der Waals surface area contributed by atoms with Gasteiger partial charge in [0.05, 0.1) is 32.1 Å². The Bertz CT molecular complexity index is 971. The summed E-state index contributed by atoms with van der Waals surface area (Å²) in [6.45, 7) is 6.97. The van der Waals surface area contributed by atoms with Crippen LogP contribution >= 0.6 is 0 Å². The third-order valence-corrected chi connectivity index (χ3v) is 4.97. The van der Waals surface area contributed by atoms with Crippen LogP contribution in [0.1, 0.15) is 22.8 Å². The highest BCUT2D eigenvalue weighted by Crippen LogP contribution is 2.33. The summed E-state index contributed by atoms with van der Waals surface area (Å²) in [5, 5.41) is 8.20. The summed E-state index contributed by atoms with van der Waals surface area (Å²) in [4.78, 5) is 4.16. The van der Waals surface area contributed by atoms with Crippen molar-refractivity contribution in [1.82, 2.24) is 19.7 Å². The SMILES string of the molecule is C1COCCO1.Cc1ccncc1-c1cc(F)c2c(c1)CCc1nnc(C)n1-2. The quantitative estimate of drug-likeness (QED) is 0.647. The second-order valence-electron chi connectivity index (χ2n) is 6.88. The van der Waals surface area contributed by atoms with Crippen LogP contribution in [0.2, 0.25) is 0 Å². The van der Waals surface area contributed by atoms with Crippen LogP contribution in [0.3, 0.4) is 0 Å². The average molecular weight is 382 g/mol. The topological polar surface area (TPSA) is 62.1 Å². The molecule has 0 atom stereocenters. The highest BCUT2D eigenvalue weighted by Gasteiger charge is 2.23. The lowest BCUT2D eigenvalue weighted by molar-refractivity contribution is -0.0334. The minimum Gasteiger partial charge on any atom is -0.377 e. The Morgan fingerprint density at radius 2 is 1.75 bits per heavy atom. The first kappa shape index (κ1) is 18.7. The van der Waals surface area contributed by atoms with Gasteiger partial charge in [-0.1, -0.05) is 0 Å². The van der Waals surface area contributed by atoms with Crippen LogP contribution in [-0.4, -0.2) is 46.2 Å². The van der Waals surface area contributed by atoms with E-state index in [1.807, 2.05) is 24.5 Å². The number of aromatic nitrogens is 4. The molecule has 5 rings (SSSR count). The zero-order valence-corrected chi connectivity index (χ0v) is 16.1. The van der Waals surface area contributed by atoms with Gasteiger partial charge in [0, 0.05) is 24.4 Å². The number of hydrogen-bond acceptors (Lipinski definition) is 5. The van der Waals surface area contributed by atoms with E-state index in [1.165, 1.54) is 0 Å². The summed E-state index contributed by atoms with van der Waals surface area (Å²) in [6.07, 6.45) is 5.09. The van der Waals surface area contributed by atoms with Gasteiger partial charge >= 0.3 is 0 Å². The van der Waals surface area contributed by atoms with Gasteiger partial charge in [-0.05, 0) is 55.2 Å². The minimum absolute atomic E-state index is 0.236. The Hall–Kier alpha value is -2.64. The fourth-order valence-corrected chi connectivity index (χ4v) is 3.56. The molecular formula is C21H23FN4O2. The highest BCUT2D eigenvalue weighted by atomic mass is 19.1. The Morgan fingerprint density at radius 3 is 2.43 bits per heavy atom. The molecule has 0 saturated carbocycles. The molecule has 0 radical (unpaired) electrons. The van der Waals surface area contributed by atoms with Crippen LogP contribution in [0.25, 0.3) is 16.8 Å². The summed E-state index contributed by atoms with van der Waals surface area (Å²) < 4.78 is 26.5. The van der Waals surface area contributed by atoms with Crippen LogP contribution in [0.4, 0.5) is 4.39 Å². The van der Waals surface area contributed by atoms with Crippen LogP contribution in [0.15, 0.2) is 30.6 Å². The largest absolute Gasteiger partial charge is 0.377 e. The lowest BCUT2D eigenvalue weighted by Gasteiger charge is -2.21. The first-order chi connectivity index (χ1) is 13.6. The van der Waals surface area contributed by atoms with E-state index in [0.717, 1.165) is 73.2 Å². The number of aryl methyl sites for hydroxylation is 4. The lowest BCUT2D eigenvalue weighted by atomic mass is 9.95. The van der Waals surface area contributed by atoms with E-state index >= 15 is 0 Å². The molecule has 1 fully saturated rings. The molecule has 3 aromatic rings. The summed E-state index contributed by atoms with van der Waals surface area (Å²) >= 11 is 0. The molecule has 7 heteroatoms. The molecule has 146 valence electrons. The highest BCUT2D eigenvalue weighted by molar-refractivity contribution is 5.69. The molecule has 1 saturated heterocycles. The number of pyridine rings is 1. The van der Waals surface area contributed by atoms with E-state index in [1.54, 1.807) is 18.5 Å². The van der Waals surface area contributed by atoms with E-state index in [0.29, 0.717) is 5.69 Å². The molecule has 2 aliphatic rings. The zero-order valence-electron chi connectivity index (χ0n) is 16.1. The lowest BCUT2D eigenvalue weighted by Crippen LogP contribution is -2.16. The average Bonchev–Trinajstić information content (AvgIpc) is 3.11. The van der Waals surface area contributed by atoms with Gasteiger partial charge in [-0.25, -0.2) is 4.39 Å². The molecular weight excluding hydrogens is 359 g/mol. The maximum absolute atomic E-state index is 14.8. The van der Waals surface area contributed by atoms with Crippen LogP contribution in [0.5, 0.6) is 0 Å². The summed E-state index contributed by atoms with van der Waals surface area (Å²) in [5.74, 6) is 1.31. The Morgan fingerprint density at radius 1 is 1.00 bits per heavy atom. The molecule has 28 heavy (non-hydrogen) atoms. The number of nitrogens with zero attached hydrogens (tertiary/aromatic N) is 4. The van der Waals surface area contributed by atoms with E-state index in [-0.39, 0.29) is 5.82 Å². The van der Waals surface area contributed by atoms with Gasteiger partial charge in [0.2, 0.25) is 0 Å². The molecule has 1 aromatic carbocycles. The second kappa shape index (κ2) is 8.16. The van der Waals surface area contributed by atoms with Crippen molar-refractivity contribution in [1.29, 1.82) is 0 Å². The summed E-state index contributed by atoms with van der Waals surface area (Å²) in [6, 6.07) is 5.58. The molecule has 0 spiro atoms. The maximum Gasteiger partial charge on any atom is 0.148 e. The maximum atomic E-state index is 14.8. The molecule has 0 unspecified atom stereocenters. The van der Waals surface area contributed by atoms with Crippen LogP contribution < -0.4 is 0 Å². The summed E-state index contributed by atoms with van der Waals surface area (Å²) in [7, 11) is 0. The Labute approximate surface area is 163 Å². The van der Waals surface area contributed by atoms with Crippen molar-refractivity contribution >= 4 is 0 Å². The number of rotatable bonds is 1. The minimum atomic E-state index is -0.236. The number of hydrogen-bond donors (Lipinski definition) is 0. The van der Waals surface area contributed by atoms with Crippen LogP contribution in [-0.2, 0) is 22.3 Å². The van der Waals surface area contributed by atoms with Crippen molar-refractivity contribution in [3.05, 3.63) is 59.2 Å². The van der Waals surface area contributed by atoms with Gasteiger partial charge in [0.15, 0.2) is 0 Å². The zero-order chi connectivity index (χ0) is 19.5. The first-order valence-electron chi connectivity index (χ1n) is 9.45. The van der Waals surface area contributed by atoms with Crippen molar-refractivity contribution in [3.63, 3.8) is 0 Å². The van der Waals surface area contributed by atoms with E-state index in [9.17, 15) is 4.39 Å². The Balaban J connectivity index is 0.000000275. The molecule has 0 N–H and O–H groups in total. The third kappa shape index (κ3) is 3.68. The fourth-order valence-electron chi connectivity index (χ4n) is 3.56.